The van der Waals surface area contributed by atoms with E-state index in [0.29, 0.717) is 29.5 Å². The lowest BCUT2D eigenvalue weighted by molar-refractivity contribution is -0.139. The Hall–Kier alpha value is -2.30. The SMILES string of the molecule is CCCN1C(=O)C(=O)/C(=C(\O)c2ccc(Cl)c(Cl)c2)C1c1ccc(C(C)C)cc1. The van der Waals surface area contributed by atoms with Crippen LogP contribution >= 0.6 is 23.2 Å². The molecule has 0 aliphatic carbocycles. The molecule has 2 aromatic rings. The molecule has 1 N–H and O–H groups in total. The number of rotatable bonds is 5. The number of aliphatic hydroxyl groups excluding tert-OH is 1. The van der Waals surface area contributed by atoms with Crippen molar-refractivity contribution in [1.82, 2.24) is 4.90 Å². The largest absolute Gasteiger partial charge is 0.507 e. The number of carbonyl (C=O) groups excluding carboxylic acids is 2. The van der Waals surface area contributed by atoms with E-state index in [1.54, 1.807) is 12.1 Å². The van der Waals surface area contributed by atoms with Gasteiger partial charge >= 0.3 is 0 Å². The first-order valence-corrected chi connectivity index (χ1v) is 10.4. The predicted octanol–water partition coefficient (Wildman–Crippen LogP) is 5.95. The smallest absolute Gasteiger partial charge is 0.295 e. The molecule has 29 heavy (non-hydrogen) atoms. The number of aliphatic hydroxyl groups is 1. The van der Waals surface area contributed by atoms with Gasteiger partial charge in [0.05, 0.1) is 21.7 Å². The molecule has 2 aromatic carbocycles. The minimum Gasteiger partial charge on any atom is -0.507 e. The van der Waals surface area contributed by atoms with Crippen molar-refractivity contribution in [1.29, 1.82) is 0 Å². The molecule has 3 rings (SSSR count). The normalized spacial score (nSPS) is 18.7. The standard InChI is InChI=1S/C23H23Cl2NO3/c1-4-11-26-20(15-7-5-14(6-8-15)13(2)3)19(22(28)23(26)29)21(27)16-9-10-17(24)18(25)12-16/h5-10,12-13,20,27H,4,11H2,1-3H3/b21-19-. The number of nitrogens with zero attached hydrogens (tertiary/aromatic N) is 1. The van der Waals surface area contributed by atoms with Crippen LogP contribution in [0.25, 0.3) is 5.76 Å². The minimum atomic E-state index is -0.694. The Morgan fingerprint density at radius 1 is 1.07 bits per heavy atom. The molecule has 0 saturated carbocycles. The third-order valence-corrected chi connectivity index (χ3v) is 5.86. The minimum absolute atomic E-state index is 0.0686. The van der Waals surface area contributed by atoms with Crippen LogP contribution in [-0.2, 0) is 9.59 Å². The lowest BCUT2D eigenvalue weighted by Gasteiger charge is -2.25. The number of ketones is 1. The monoisotopic (exact) mass is 431 g/mol. The summed E-state index contributed by atoms with van der Waals surface area (Å²) in [5.41, 5.74) is 2.35. The Kier molecular flexibility index (Phi) is 6.35. The van der Waals surface area contributed by atoms with Gasteiger partial charge in [-0.25, -0.2) is 0 Å². The molecule has 1 amide bonds. The van der Waals surface area contributed by atoms with Gasteiger partial charge in [0.1, 0.15) is 5.76 Å². The summed E-state index contributed by atoms with van der Waals surface area (Å²) >= 11 is 12.0. The van der Waals surface area contributed by atoms with Crippen LogP contribution in [0.15, 0.2) is 48.0 Å². The second-order valence-electron chi connectivity index (χ2n) is 7.44. The van der Waals surface area contributed by atoms with Crippen molar-refractivity contribution in [3.8, 4) is 0 Å². The Bertz CT molecular complexity index is 980. The molecular weight excluding hydrogens is 409 g/mol. The third kappa shape index (κ3) is 4.05. The summed E-state index contributed by atoms with van der Waals surface area (Å²) in [6.45, 7) is 6.56. The van der Waals surface area contributed by atoms with Crippen molar-refractivity contribution in [3.05, 3.63) is 74.8 Å². The second-order valence-corrected chi connectivity index (χ2v) is 8.26. The van der Waals surface area contributed by atoms with Crippen LogP contribution in [-0.4, -0.2) is 28.2 Å². The molecule has 152 valence electrons. The summed E-state index contributed by atoms with van der Waals surface area (Å²) in [4.78, 5) is 27.1. The molecule has 1 aliphatic heterocycles. The highest BCUT2D eigenvalue weighted by atomic mass is 35.5. The van der Waals surface area contributed by atoms with Crippen molar-refractivity contribution < 1.29 is 14.7 Å². The molecule has 0 spiro atoms. The molecule has 6 heteroatoms. The first kappa shape index (κ1) is 21.4. The number of benzene rings is 2. The van der Waals surface area contributed by atoms with E-state index in [2.05, 4.69) is 13.8 Å². The van der Waals surface area contributed by atoms with Gasteiger partial charge in [0.2, 0.25) is 0 Å². The third-order valence-electron chi connectivity index (χ3n) is 5.12. The summed E-state index contributed by atoms with van der Waals surface area (Å²) in [7, 11) is 0. The Morgan fingerprint density at radius 3 is 2.28 bits per heavy atom. The first-order chi connectivity index (χ1) is 13.8. The lowest BCUT2D eigenvalue weighted by Crippen LogP contribution is -2.30. The Balaban J connectivity index is 2.17. The van der Waals surface area contributed by atoms with E-state index in [1.807, 2.05) is 31.2 Å². The molecular formula is C23H23Cl2NO3. The van der Waals surface area contributed by atoms with Gasteiger partial charge in [-0.05, 0) is 41.7 Å². The van der Waals surface area contributed by atoms with Crippen LogP contribution < -0.4 is 0 Å². The number of carbonyl (C=O) groups is 2. The fourth-order valence-electron chi connectivity index (χ4n) is 3.56. The zero-order chi connectivity index (χ0) is 21.3. The average Bonchev–Trinajstić information content (AvgIpc) is 2.95. The number of likely N-dealkylation sites (tertiary alicyclic amines) is 1. The van der Waals surface area contributed by atoms with Crippen LogP contribution in [0.4, 0.5) is 0 Å². The van der Waals surface area contributed by atoms with Gasteiger partial charge in [-0.15, -0.1) is 0 Å². The first-order valence-electron chi connectivity index (χ1n) is 9.60. The maximum absolute atomic E-state index is 12.8. The lowest BCUT2D eigenvalue weighted by atomic mass is 9.93. The number of hydrogen-bond donors (Lipinski definition) is 1. The van der Waals surface area contributed by atoms with Crippen molar-refractivity contribution in [2.24, 2.45) is 0 Å². The molecule has 1 fully saturated rings. The van der Waals surface area contributed by atoms with Gasteiger partial charge in [0.15, 0.2) is 0 Å². The fourth-order valence-corrected chi connectivity index (χ4v) is 3.86. The van der Waals surface area contributed by atoms with Crippen LogP contribution in [0.2, 0.25) is 10.0 Å². The topological polar surface area (TPSA) is 57.6 Å². The molecule has 1 saturated heterocycles. The predicted molar refractivity (Wildman–Crippen MR) is 116 cm³/mol. The van der Waals surface area contributed by atoms with E-state index < -0.39 is 17.7 Å². The van der Waals surface area contributed by atoms with Crippen LogP contribution in [0.5, 0.6) is 0 Å². The van der Waals surface area contributed by atoms with Crippen molar-refractivity contribution >= 4 is 40.7 Å². The van der Waals surface area contributed by atoms with E-state index in [0.717, 1.165) is 11.1 Å². The summed E-state index contributed by atoms with van der Waals surface area (Å²) in [6, 6.07) is 11.8. The summed E-state index contributed by atoms with van der Waals surface area (Å²) in [6.07, 6.45) is 0.695. The molecule has 1 heterocycles. The number of hydrogen-bond acceptors (Lipinski definition) is 3. The maximum Gasteiger partial charge on any atom is 0.295 e. The molecule has 1 atom stereocenters. The van der Waals surface area contributed by atoms with Gasteiger partial charge in [-0.3, -0.25) is 9.59 Å². The molecule has 0 radical (unpaired) electrons. The molecule has 4 nitrogen and oxygen atoms in total. The zero-order valence-corrected chi connectivity index (χ0v) is 18.1. The van der Waals surface area contributed by atoms with Crippen LogP contribution in [0, 0.1) is 0 Å². The fraction of sp³-hybridized carbons (Fsp3) is 0.304. The van der Waals surface area contributed by atoms with Crippen LogP contribution in [0.1, 0.15) is 55.8 Å². The van der Waals surface area contributed by atoms with Gasteiger partial charge in [-0.2, -0.15) is 0 Å². The Labute approximate surface area is 180 Å². The van der Waals surface area contributed by atoms with Gasteiger partial charge in [0, 0.05) is 12.1 Å². The van der Waals surface area contributed by atoms with Crippen molar-refractivity contribution in [2.75, 3.05) is 6.54 Å². The number of amides is 1. The average molecular weight is 432 g/mol. The highest BCUT2D eigenvalue weighted by Gasteiger charge is 2.45. The Morgan fingerprint density at radius 2 is 1.72 bits per heavy atom. The van der Waals surface area contributed by atoms with Gasteiger partial charge in [-0.1, -0.05) is 68.2 Å². The van der Waals surface area contributed by atoms with E-state index in [1.165, 1.54) is 11.0 Å². The van der Waals surface area contributed by atoms with E-state index >= 15 is 0 Å². The molecule has 1 aliphatic rings. The number of Topliss-reactive ketones (excluding diaryl/α,β-unsaturated/α-hetero) is 1. The second kappa shape index (κ2) is 8.60. The maximum atomic E-state index is 12.8. The highest BCUT2D eigenvalue weighted by Crippen LogP contribution is 2.40. The van der Waals surface area contributed by atoms with Gasteiger partial charge < -0.3 is 10.0 Å². The van der Waals surface area contributed by atoms with Crippen LogP contribution in [0.3, 0.4) is 0 Å². The highest BCUT2D eigenvalue weighted by molar-refractivity contribution is 6.46. The van der Waals surface area contributed by atoms with E-state index in [-0.39, 0.29) is 16.4 Å². The molecule has 1 unspecified atom stereocenters. The number of halogens is 2. The van der Waals surface area contributed by atoms with E-state index in [4.69, 9.17) is 23.2 Å². The van der Waals surface area contributed by atoms with Crippen molar-refractivity contribution in [3.63, 3.8) is 0 Å². The summed E-state index contributed by atoms with van der Waals surface area (Å²) < 4.78 is 0. The summed E-state index contributed by atoms with van der Waals surface area (Å²) in [5.74, 6) is -1.19. The quantitative estimate of drug-likeness (QED) is 0.361. The van der Waals surface area contributed by atoms with E-state index in [9.17, 15) is 14.7 Å². The molecule has 0 bridgehead atoms. The van der Waals surface area contributed by atoms with Gasteiger partial charge in [0.25, 0.3) is 11.7 Å². The molecule has 0 aromatic heterocycles. The zero-order valence-electron chi connectivity index (χ0n) is 16.6. The summed E-state index contributed by atoms with van der Waals surface area (Å²) in [5, 5.41) is 11.6. The van der Waals surface area contributed by atoms with Crippen molar-refractivity contribution in [2.45, 2.75) is 39.2 Å².